The molecule has 0 fully saturated rings. The van der Waals surface area contributed by atoms with Gasteiger partial charge in [0.05, 0.1) is 13.0 Å². The molecule has 26 heavy (non-hydrogen) atoms. The maximum Gasteiger partial charge on any atom is 0.460 e. The first-order chi connectivity index (χ1) is 11.3. The highest BCUT2D eigenvalue weighted by molar-refractivity contribution is 6.40. The third-order valence-corrected chi connectivity index (χ3v) is 2.43. The number of carboxylic acids is 1. The lowest BCUT2D eigenvalue weighted by Crippen LogP contribution is -2.61. The van der Waals surface area contributed by atoms with Gasteiger partial charge in [0, 0.05) is 6.08 Å². The maximum absolute atomic E-state index is 12.8. The third-order valence-electron chi connectivity index (χ3n) is 2.27. The molecule has 0 aromatic heterocycles. The summed E-state index contributed by atoms with van der Waals surface area (Å²) in [6.07, 6.45) is -8.62. The number of carbonyl (C=O) groups excluding carboxylic acids is 1. The fourth-order valence-corrected chi connectivity index (χ4v) is 0.903. The monoisotopic (exact) mass is 424 g/mol. The van der Waals surface area contributed by atoms with Crippen LogP contribution in [-0.4, -0.2) is 47.6 Å². The SMILES string of the molecule is C=C(Cl)C(=O)O.C=CC(=O)OCCC(F)(F)C(F)(F)C(F)(F)C(F)(F)F. The molecule has 0 bridgehead atoms. The van der Waals surface area contributed by atoms with Crippen molar-refractivity contribution in [1.29, 1.82) is 0 Å². The van der Waals surface area contributed by atoms with E-state index in [1.54, 1.807) is 0 Å². The van der Waals surface area contributed by atoms with Gasteiger partial charge in [-0.25, -0.2) is 9.59 Å². The normalized spacial score (nSPS) is 12.5. The van der Waals surface area contributed by atoms with Crippen LogP contribution in [-0.2, 0) is 14.3 Å². The first-order valence-corrected chi connectivity index (χ1v) is 6.30. The van der Waals surface area contributed by atoms with Crippen molar-refractivity contribution in [2.45, 2.75) is 30.4 Å². The van der Waals surface area contributed by atoms with Gasteiger partial charge in [0.1, 0.15) is 5.03 Å². The van der Waals surface area contributed by atoms with Gasteiger partial charge in [-0.05, 0) is 0 Å². The van der Waals surface area contributed by atoms with E-state index in [1.807, 2.05) is 0 Å². The van der Waals surface area contributed by atoms with Gasteiger partial charge in [0.15, 0.2) is 0 Å². The second-order valence-electron chi connectivity index (χ2n) is 4.18. The van der Waals surface area contributed by atoms with Crippen molar-refractivity contribution in [1.82, 2.24) is 0 Å². The minimum atomic E-state index is -6.94. The molecule has 0 aliphatic carbocycles. The van der Waals surface area contributed by atoms with Crippen LogP contribution >= 0.6 is 11.6 Å². The molecule has 4 nitrogen and oxygen atoms in total. The molecule has 1 N–H and O–H groups in total. The summed E-state index contributed by atoms with van der Waals surface area (Å²) in [7, 11) is 0. The zero-order chi connectivity index (χ0) is 21.6. The Labute approximate surface area is 144 Å². The molecule has 0 aliphatic rings. The second kappa shape index (κ2) is 9.14. The fraction of sp³-hybridized carbons (Fsp3) is 0.500. The average molecular weight is 425 g/mol. The van der Waals surface area contributed by atoms with Gasteiger partial charge < -0.3 is 9.84 Å². The number of aliphatic carboxylic acids is 1. The van der Waals surface area contributed by atoms with E-state index in [9.17, 15) is 49.1 Å². The Hall–Kier alpha value is -1.92. The standard InChI is InChI=1S/C9H7F9O2.C3H3ClO2/c1-2-5(19)20-4-3-6(10,11)7(12,13)8(14,15)9(16,17)18;1-2(4)3(5)6/h2H,1,3-4H2;1H2,(H,5,6). The average Bonchev–Trinajstić information content (AvgIpc) is 2.45. The molecular formula is C12H10ClF9O4. The molecule has 0 spiro atoms. The molecule has 0 unspecified atom stereocenters. The summed E-state index contributed by atoms with van der Waals surface area (Å²) in [4.78, 5) is 19.9. The molecule has 0 radical (unpaired) electrons. The minimum Gasteiger partial charge on any atom is -0.477 e. The highest BCUT2D eigenvalue weighted by atomic mass is 35.5. The Morgan fingerprint density at radius 2 is 1.38 bits per heavy atom. The van der Waals surface area contributed by atoms with Gasteiger partial charge in [-0.3, -0.25) is 0 Å². The third kappa shape index (κ3) is 6.77. The van der Waals surface area contributed by atoms with Gasteiger partial charge in [0.2, 0.25) is 0 Å². The molecule has 0 aliphatic heterocycles. The van der Waals surface area contributed by atoms with Crippen molar-refractivity contribution in [3.63, 3.8) is 0 Å². The molecule has 0 atom stereocenters. The lowest BCUT2D eigenvalue weighted by molar-refractivity contribution is -0.397. The molecular weight excluding hydrogens is 415 g/mol. The van der Waals surface area contributed by atoms with E-state index in [0.29, 0.717) is 6.08 Å². The summed E-state index contributed by atoms with van der Waals surface area (Å²) >= 11 is 4.82. The van der Waals surface area contributed by atoms with Gasteiger partial charge in [-0.15, -0.1) is 0 Å². The van der Waals surface area contributed by atoms with Crippen LogP contribution in [0.1, 0.15) is 6.42 Å². The number of ether oxygens (including phenoxy) is 1. The summed E-state index contributed by atoms with van der Waals surface area (Å²) in [5.74, 6) is -21.9. The smallest absolute Gasteiger partial charge is 0.460 e. The number of hydrogen-bond donors (Lipinski definition) is 1. The quantitative estimate of drug-likeness (QED) is 0.374. The topological polar surface area (TPSA) is 63.6 Å². The summed E-state index contributed by atoms with van der Waals surface area (Å²) < 4.78 is 115. The first kappa shape index (κ1) is 26.3. The van der Waals surface area contributed by atoms with E-state index < -0.39 is 48.9 Å². The summed E-state index contributed by atoms with van der Waals surface area (Å²) in [6, 6.07) is 0. The van der Waals surface area contributed by atoms with E-state index in [-0.39, 0.29) is 5.03 Å². The van der Waals surface area contributed by atoms with Gasteiger partial charge in [-0.2, -0.15) is 39.5 Å². The number of halogens is 10. The van der Waals surface area contributed by atoms with Crippen LogP contribution in [0.3, 0.4) is 0 Å². The zero-order valence-corrected chi connectivity index (χ0v) is 13.1. The molecule has 14 heteroatoms. The number of carbonyl (C=O) groups is 2. The molecule has 0 saturated carbocycles. The minimum absolute atomic E-state index is 0.352. The van der Waals surface area contributed by atoms with Crippen LogP contribution in [0.2, 0.25) is 0 Å². The molecule has 152 valence electrons. The number of alkyl halides is 9. The van der Waals surface area contributed by atoms with Gasteiger partial charge >= 0.3 is 35.9 Å². The molecule has 0 saturated heterocycles. The fourth-order valence-electron chi connectivity index (χ4n) is 0.903. The van der Waals surface area contributed by atoms with Crippen LogP contribution < -0.4 is 0 Å². The van der Waals surface area contributed by atoms with E-state index in [4.69, 9.17) is 16.7 Å². The Morgan fingerprint density at radius 1 is 1.00 bits per heavy atom. The van der Waals surface area contributed by atoms with E-state index in [1.165, 1.54) is 0 Å². The maximum atomic E-state index is 12.8. The summed E-state index contributed by atoms with van der Waals surface area (Å²) in [6.45, 7) is 4.25. The Morgan fingerprint density at radius 3 is 1.65 bits per heavy atom. The molecule has 0 aromatic carbocycles. The van der Waals surface area contributed by atoms with Crippen LogP contribution in [0.25, 0.3) is 0 Å². The van der Waals surface area contributed by atoms with E-state index in [0.717, 1.165) is 0 Å². The zero-order valence-electron chi connectivity index (χ0n) is 12.4. The number of rotatable bonds is 7. The van der Waals surface area contributed by atoms with Crippen LogP contribution in [0.15, 0.2) is 24.3 Å². The van der Waals surface area contributed by atoms with Gasteiger partial charge in [-0.1, -0.05) is 24.8 Å². The van der Waals surface area contributed by atoms with Crippen molar-refractivity contribution < 1.29 is 58.9 Å². The van der Waals surface area contributed by atoms with Crippen molar-refractivity contribution in [3.8, 4) is 0 Å². The number of carboxylic acid groups (broad SMARTS) is 1. The van der Waals surface area contributed by atoms with Crippen molar-refractivity contribution in [2.75, 3.05) is 6.61 Å². The van der Waals surface area contributed by atoms with Crippen LogP contribution in [0.5, 0.6) is 0 Å². The van der Waals surface area contributed by atoms with Crippen LogP contribution in [0.4, 0.5) is 39.5 Å². The lowest BCUT2D eigenvalue weighted by atomic mass is 10.0. The molecule has 0 amide bonds. The number of hydrogen-bond acceptors (Lipinski definition) is 3. The van der Waals surface area contributed by atoms with Crippen molar-refractivity contribution in [2.24, 2.45) is 0 Å². The van der Waals surface area contributed by atoms with E-state index in [2.05, 4.69) is 17.9 Å². The first-order valence-electron chi connectivity index (χ1n) is 5.92. The predicted octanol–water partition coefficient (Wildman–Crippen LogP) is 4.40. The van der Waals surface area contributed by atoms with Crippen LogP contribution in [0, 0.1) is 0 Å². The Kier molecular flexibility index (Phi) is 9.25. The second-order valence-corrected chi connectivity index (χ2v) is 4.64. The Bertz CT molecular complexity index is 531. The Balaban J connectivity index is 0. The number of esters is 1. The molecule has 0 aromatic rings. The summed E-state index contributed by atoms with van der Waals surface area (Å²) in [5.41, 5.74) is 0. The summed E-state index contributed by atoms with van der Waals surface area (Å²) in [5, 5.41) is 7.41. The largest absolute Gasteiger partial charge is 0.477 e. The van der Waals surface area contributed by atoms with Crippen molar-refractivity contribution >= 4 is 23.5 Å². The predicted molar refractivity (Wildman–Crippen MR) is 69.3 cm³/mol. The van der Waals surface area contributed by atoms with Crippen molar-refractivity contribution in [3.05, 3.63) is 24.3 Å². The molecule has 0 heterocycles. The highest BCUT2D eigenvalue weighted by Crippen LogP contribution is 2.53. The van der Waals surface area contributed by atoms with E-state index >= 15 is 0 Å². The lowest BCUT2D eigenvalue weighted by Gasteiger charge is -2.33. The highest BCUT2D eigenvalue weighted by Gasteiger charge is 2.81. The van der Waals surface area contributed by atoms with Gasteiger partial charge in [0.25, 0.3) is 0 Å². The molecule has 0 rings (SSSR count).